The first-order chi connectivity index (χ1) is 17.3. The van der Waals surface area contributed by atoms with Crippen LogP contribution in [-0.2, 0) is 4.79 Å². The molecule has 0 saturated heterocycles. The molecule has 35 heavy (non-hydrogen) atoms. The Morgan fingerprint density at radius 1 is 0.343 bits per heavy atom. The molecule has 210 valence electrons. The van der Waals surface area contributed by atoms with E-state index >= 15 is 0 Å². The van der Waals surface area contributed by atoms with Crippen LogP contribution in [-0.4, -0.2) is 5.12 Å². The van der Waals surface area contributed by atoms with Crippen molar-refractivity contribution in [1.29, 1.82) is 0 Å². The van der Waals surface area contributed by atoms with Crippen molar-refractivity contribution in [2.45, 2.75) is 206 Å². The molecular formula is C33H66OS. The fourth-order valence-electron chi connectivity index (χ4n) is 5.30. The van der Waals surface area contributed by atoms with Crippen LogP contribution in [0.15, 0.2) is 0 Å². The van der Waals surface area contributed by atoms with Gasteiger partial charge < -0.3 is 0 Å². The van der Waals surface area contributed by atoms with Gasteiger partial charge >= 0.3 is 0 Å². The molecule has 0 unspecified atom stereocenters. The number of hydrogen-bond donors (Lipinski definition) is 1. The first-order valence-electron chi connectivity index (χ1n) is 16.5. The lowest BCUT2D eigenvalue weighted by molar-refractivity contribution is -0.110. The minimum atomic E-state index is 0.0465. The minimum Gasteiger partial charge on any atom is -0.288 e. The Kier molecular flexibility index (Phi) is 32.1. The van der Waals surface area contributed by atoms with Gasteiger partial charge in [-0.15, -0.1) is 12.6 Å². The van der Waals surface area contributed by atoms with Gasteiger partial charge in [0, 0.05) is 6.42 Å². The fraction of sp³-hybridized carbons (Fsp3) is 0.970. The second-order valence-corrected chi connectivity index (χ2v) is 11.9. The van der Waals surface area contributed by atoms with Crippen LogP contribution < -0.4 is 0 Å². The Morgan fingerprint density at radius 2 is 0.514 bits per heavy atom. The Labute approximate surface area is 228 Å². The number of unbranched alkanes of at least 4 members (excludes halogenated alkanes) is 29. The summed E-state index contributed by atoms with van der Waals surface area (Å²) >= 11 is 3.82. The van der Waals surface area contributed by atoms with Crippen molar-refractivity contribution < 1.29 is 4.79 Å². The summed E-state index contributed by atoms with van der Waals surface area (Å²) in [5, 5.41) is 0.0465. The Hall–Kier alpha value is 0.0200. The third-order valence-corrected chi connectivity index (χ3v) is 7.97. The zero-order chi connectivity index (χ0) is 25.5. The van der Waals surface area contributed by atoms with E-state index in [1.807, 2.05) is 0 Å². The number of carbonyl (C=O) groups is 1. The van der Waals surface area contributed by atoms with Crippen LogP contribution in [0.2, 0.25) is 0 Å². The van der Waals surface area contributed by atoms with Crippen molar-refractivity contribution in [1.82, 2.24) is 0 Å². The average Bonchev–Trinajstić information content (AvgIpc) is 2.85. The highest BCUT2D eigenvalue weighted by atomic mass is 32.1. The summed E-state index contributed by atoms with van der Waals surface area (Å²) in [6.45, 7) is 2.30. The summed E-state index contributed by atoms with van der Waals surface area (Å²) in [5.74, 6) is 0. The lowest BCUT2D eigenvalue weighted by Crippen LogP contribution is -1.87. The quantitative estimate of drug-likeness (QED) is 0.0724. The zero-order valence-electron chi connectivity index (χ0n) is 24.3. The summed E-state index contributed by atoms with van der Waals surface area (Å²) in [6, 6.07) is 0. The van der Waals surface area contributed by atoms with Crippen LogP contribution in [0.25, 0.3) is 0 Å². The molecule has 0 aromatic heterocycles. The topological polar surface area (TPSA) is 17.1 Å². The maximum Gasteiger partial charge on any atom is 0.185 e. The summed E-state index contributed by atoms with van der Waals surface area (Å²) in [5.41, 5.74) is 0. The van der Waals surface area contributed by atoms with Crippen LogP contribution in [0.5, 0.6) is 0 Å². The normalized spacial score (nSPS) is 11.4. The van der Waals surface area contributed by atoms with Crippen LogP contribution in [0, 0.1) is 0 Å². The molecule has 0 spiro atoms. The fourth-order valence-corrected chi connectivity index (χ4v) is 5.46. The third-order valence-electron chi connectivity index (χ3n) is 7.74. The number of hydrogen-bond acceptors (Lipinski definition) is 1. The van der Waals surface area contributed by atoms with E-state index in [2.05, 4.69) is 19.6 Å². The largest absolute Gasteiger partial charge is 0.288 e. The summed E-state index contributed by atoms with van der Waals surface area (Å²) in [6.07, 6.45) is 43.5. The molecule has 0 aliphatic rings. The molecule has 0 aromatic rings. The predicted octanol–water partition coefficient (Wildman–Crippen LogP) is 12.6. The van der Waals surface area contributed by atoms with Crippen LogP contribution in [0.1, 0.15) is 206 Å². The molecule has 0 radical (unpaired) electrons. The molecule has 0 N–H and O–H groups in total. The highest BCUT2D eigenvalue weighted by Crippen LogP contribution is 2.16. The minimum absolute atomic E-state index is 0.0465. The molecule has 0 fully saturated rings. The van der Waals surface area contributed by atoms with Crippen molar-refractivity contribution >= 4 is 17.7 Å². The van der Waals surface area contributed by atoms with Crippen LogP contribution in [0.3, 0.4) is 0 Å². The van der Waals surface area contributed by atoms with Gasteiger partial charge in [-0.1, -0.05) is 193 Å². The zero-order valence-corrected chi connectivity index (χ0v) is 25.2. The smallest absolute Gasteiger partial charge is 0.185 e. The van der Waals surface area contributed by atoms with Crippen LogP contribution >= 0.6 is 12.6 Å². The van der Waals surface area contributed by atoms with E-state index in [0.717, 1.165) is 6.42 Å². The third kappa shape index (κ3) is 34.0. The SMILES string of the molecule is CCCCCCCCCCCCCCCCCCCCCCCCCCCCCCCCC(=O)S. The molecule has 0 aliphatic heterocycles. The lowest BCUT2D eigenvalue weighted by atomic mass is 10.0. The Morgan fingerprint density at radius 3 is 0.686 bits per heavy atom. The molecule has 0 saturated carbocycles. The molecule has 0 heterocycles. The van der Waals surface area contributed by atoms with E-state index in [1.165, 1.54) is 186 Å². The molecule has 0 amide bonds. The van der Waals surface area contributed by atoms with Gasteiger partial charge in [-0.2, -0.15) is 0 Å². The van der Waals surface area contributed by atoms with Gasteiger partial charge in [-0.05, 0) is 6.42 Å². The average molecular weight is 511 g/mol. The van der Waals surface area contributed by atoms with Gasteiger partial charge in [0.05, 0.1) is 0 Å². The second kappa shape index (κ2) is 32.0. The highest BCUT2D eigenvalue weighted by Gasteiger charge is 1.97. The Balaban J connectivity index is 3.01. The van der Waals surface area contributed by atoms with E-state index < -0.39 is 0 Å². The highest BCUT2D eigenvalue weighted by molar-refractivity contribution is 7.96. The van der Waals surface area contributed by atoms with Crippen molar-refractivity contribution in [2.24, 2.45) is 0 Å². The first-order valence-corrected chi connectivity index (χ1v) is 16.9. The van der Waals surface area contributed by atoms with Gasteiger partial charge in [-0.3, -0.25) is 4.79 Å². The molecule has 1 nitrogen and oxygen atoms in total. The monoisotopic (exact) mass is 510 g/mol. The van der Waals surface area contributed by atoms with E-state index in [1.54, 1.807) is 0 Å². The predicted molar refractivity (Wildman–Crippen MR) is 163 cm³/mol. The van der Waals surface area contributed by atoms with Crippen LogP contribution in [0.4, 0.5) is 0 Å². The van der Waals surface area contributed by atoms with Gasteiger partial charge in [0.2, 0.25) is 0 Å². The summed E-state index contributed by atoms with van der Waals surface area (Å²) in [4.78, 5) is 10.8. The van der Waals surface area contributed by atoms with Gasteiger partial charge in [0.1, 0.15) is 0 Å². The van der Waals surface area contributed by atoms with Crippen molar-refractivity contribution in [3.8, 4) is 0 Å². The van der Waals surface area contributed by atoms with Crippen molar-refractivity contribution in [2.75, 3.05) is 0 Å². The molecule has 0 aliphatic carbocycles. The van der Waals surface area contributed by atoms with Crippen molar-refractivity contribution in [3.63, 3.8) is 0 Å². The summed E-state index contributed by atoms with van der Waals surface area (Å²) < 4.78 is 0. The molecule has 0 aromatic carbocycles. The number of rotatable bonds is 31. The van der Waals surface area contributed by atoms with E-state index in [4.69, 9.17) is 0 Å². The van der Waals surface area contributed by atoms with Gasteiger partial charge in [0.25, 0.3) is 0 Å². The molecule has 0 bridgehead atoms. The van der Waals surface area contributed by atoms with E-state index in [0.29, 0.717) is 6.42 Å². The lowest BCUT2D eigenvalue weighted by Gasteiger charge is -2.04. The molecule has 2 heteroatoms. The maximum atomic E-state index is 10.8. The van der Waals surface area contributed by atoms with E-state index in [-0.39, 0.29) is 5.12 Å². The van der Waals surface area contributed by atoms with E-state index in [9.17, 15) is 4.79 Å². The molecule has 0 rings (SSSR count). The van der Waals surface area contributed by atoms with Gasteiger partial charge in [0.15, 0.2) is 5.12 Å². The standard InChI is InChI=1S/C33H66OS/c1-2-3-4-5-6-7-8-9-10-11-12-13-14-15-16-17-18-19-20-21-22-23-24-25-26-27-28-29-30-31-32-33(34)35/h2-32H2,1H3,(H,34,35). The summed E-state index contributed by atoms with van der Waals surface area (Å²) in [7, 11) is 0. The Bertz CT molecular complexity index is 395. The number of thiol groups is 1. The van der Waals surface area contributed by atoms with Crippen molar-refractivity contribution in [3.05, 3.63) is 0 Å². The van der Waals surface area contributed by atoms with Gasteiger partial charge in [-0.25, -0.2) is 0 Å². The molecule has 0 atom stereocenters. The maximum absolute atomic E-state index is 10.8. The first kappa shape index (κ1) is 35.0. The second-order valence-electron chi connectivity index (χ2n) is 11.4. The number of carbonyl (C=O) groups excluding carboxylic acids is 1. The molecular weight excluding hydrogens is 444 g/mol.